The topological polar surface area (TPSA) is 72.8 Å². The molecule has 0 aliphatic heterocycles. The fourth-order valence-electron chi connectivity index (χ4n) is 5.10. The zero-order valence-electron chi connectivity index (χ0n) is 16.2. The van der Waals surface area contributed by atoms with E-state index < -0.39 is 15.5 Å². The molecule has 0 saturated heterocycles. The van der Waals surface area contributed by atoms with Crippen LogP contribution in [0.15, 0.2) is 65.8 Å². The smallest absolute Gasteiger partial charge is 0.0955 e. The van der Waals surface area contributed by atoms with E-state index in [-0.39, 0.29) is 11.2 Å². The van der Waals surface area contributed by atoms with E-state index in [1.54, 1.807) is 0 Å². The number of anilines is 2. The van der Waals surface area contributed by atoms with E-state index in [0.717, 1.165) is 29.9 Å². The summed E-state index contributed by atoms with van der Waals surface area (Å²) in [5, 5.41) is 6.86. The average Bonchev–Trinajstić information content (AvgIpc) is 3.01. The molecule has 28 heavy (non-hydrogen) atoms. The van der Waals surface area contributed by atoms with Gasteiger partial charge in [0.25, 0.3) is 0 Å². The van der Waals surface area contributed by atoms with Crippen molar-refractivity contribution in [1.82, 2.24) is 0 Å². The molecule has 0 aromatic heterocycles. The molecule has 2 atom stereocenters. The van der Waals surface area contributed by atoms with Crippen molar-refractivity contribution < 1.29 is 13.0 Å². The zero-order chi connectivity index (χ0) is 20.0. The van der Waals surface area contributed by atoms with Crippen molar-refractivity contribution in [1.29, 1.82) is 0 Å². The second kappa shape index (κ2) is 6.71. The number of rotatable bonds is 5. The van der Waals surface area contributed by atoms with E-state index in [2.05, 4.69) is 13.8 Å². The molecule has 2 bridgehead atoms. The minimum Gasteiger partial charge on any atom is -0.748 e. The first kappa shape index (κ1) is 19.2. The van der Waals surface area contributed by atoms with Gasteiger partial charge in [0, 0.05) is 16.9 Å². The number of para-hydroxylation sites is 2. The van der Waals surface area contributed by atoms with E-state index in [0.29, 0.717) is 12.3 Å². The third-order valence-corrected chi connectivity index (χ3v) is 7.66. The molecule has 148 valence electrons. The van der Waals surface area contributed by atoms with Crippen LogP contribution in [0.5, 0.6) is 0 Å². The molecule has 4 rings (SSSR count). The Bertz CT molecular complexity index is 947. The molecule has 0 N–H and O–H groups in total. The Morgan fingerprint density at radius 2 is 1.57 bits per heavy atom. The lowest BCUT2D eigenvalue weighted by Crippen LogP contribution is -2.42. The van der Waals surface area contributed by atoms with Gasteiger partial charge < -0.3 is 4.55 Å². The fourth-order valence-corrected chi connectivity index (χ4v) is 6.39. The highest BCUT2D eigenvalue weighted by Gasteiger charge is 2.63. The number of fused-ring (bicyclic) bond motifs is 2. The van der Waals surface area contributed by atoms with Crippen LogP contribution in [-0.4, -0.2) is 24.4 Å². The Balaban J connectivity index is 1.84. The zero-order valence-corrected chi connectivity index (χ0v) is 17.0. The maximum absolute atomic E-state index is 11.8. The molecular weight excluding hydrogens is 372 g/mol. The lowest BCUT2D eigenvalue weighted by molar-refractivity contribution is 0.193. The summed E-state index contributed by atoms with van der Waals surface area (Å²) in [5.41, 5.74) is 1.69. The molecule has 0 amide bonds. The van der Waals surface area contributed by atoms with E-state index in [4.69, 9.17) is 5.10 Å². The lowest BCUT2D eigenvalue weighted by atomic mass is 9.70. The summed E-state index contributed by atoms with van der Waals surface area (Å²) in [6.45, 7) is 4.18. The molecule has 0 spiro atoms. The van der Waals surface area contributed by atoms with Crippen LogP contribution < -0.4 is 5.01 Å². The molecule has 2 saturated carbocycles. The molecule has 2 aliphatic carbocycles. The van der Waals surface area contributed by atoms with Gasteiger partial charge in [0.1, 0.15) is 0 Å². The van der Waals surface area contributed by atoms with E-state index in [9.17, 15) is 13.0 Å². The van der Waals surface area contributed by atoms with Crippen molar-refractivity contribution in [3.63, 3.8) is 0 Å². The number of hydrazone groups is 1. The third-order valence-electron chi connectivity index (χ3n) is 6.81. The molecule has 0 radical (unpaired) electrons. The van der Waals surface area contributed by atoms with Crippen LogP contribution >= 0.6 is 0 Å². The highest BCUT2D eigenvalue weighted by atomic mass is 32.2. The predicted octanol–water partition coefficient (Wildman–Crippen LogP) is 4.55. The van der Waals surface area contributed by atoms with Crippen LogP contribution in [0.25, 0.3) is 0 Å². The number of hydrogen-bond donors (Lipinski definition) is 0. The van der Waals surface area contributed by atoms with Gasteiger partial charge in [-0.3, -0.25) is 0 Å². The first-order valence-corrected chi connectivity index (χ1v) is 11.2. The maximum atomic E-state index is 11.8. The summed E-state index contributed by atoms with van der Waals surface area (Å²) >= 11 is 0. The van der Waals surface area contributed by atoms with Gasteiger partial charge in [-0.05, 0) is 54.9 Å². The van der Waals surface area contributed by atoms with Crippen molar-refractivity contribution in [3.8, 4) is 0 Å². The molecule has 0 heterocycles. The standard InChI is InChI=1S/C22H26N2O3S/c1-21(2)17-13-14-22(21,16-28(25,26)27)20(15-17)23-24(18-9-5-3-6-10-18)19-11-7-4-8-12-19/h3-12,17H,13-16H2,1-2H3,(H,25,26,27)/p-1/b23-20-/t17-,22-/m1/s1. The van der Waals surface area contributed by atoms with Crippen molar-refractivity contribution in [2.75, 3.05) is 10.8 Å². The Morgan fingerprint density at radius 1 is 1.04 bits per heavy atom. The first-order valence-electron chi connectivity index (χ1n) is 9.65. The van der Waals surface area contributed by atoms with E-state index in [1.807, 2.05) is 65.7 Å². The van der Waals surface area contributed by atoms with Crippen molar-refractivity contribution in [2.45, 2.75) is 33.1 Å². The van der Waals surface area contributed by atoms with Gasteiger partial charge in [0.2, 0.25) is 0 Å². The second-order valence-corrected chi connectivity index (χ2v) is 9.88. The average molecular weight is 398 g/mol. The fraction of sp³-hybridized carbons (Fsp3) is 0.409. The monoisotopic (exact) mass is 397 g/mol. The third kappa shape index (κ3) is 3.14. The molecule has 2 aromatic carbocycles. The van der Waals surface area contributed by atoms with Crippen molar-refractivity contribution >= 4 is 27.2 Å². The summed E-state index contributed by atoms with van der Waals surface area (Å²) in [7, 11) is -4.37. The molecular formula is C22H25N2O3S-. The summed E-state index contributed by atoms with van der Waals surface area (Å²) in [6.07, 6.45) is 2.37. The van der Waals surface area contributed by atoms with E-state index in [1.165, 1.54) is 0 Å². The summed E-state index contributed by atoms with van der Waals surface area (Å²) in [5.74, 6) is -0.0267. The largest absolute Gasteiger partial charge is 0.748 e. The van der Waals surface area contributed by atoms with Gasteiger partial charge >= 0.3 is 0 Å². The molecule has 0 unspecified atom stereocenters. The summed E-state index contributed by atoms with van der Waals surface area (Å²) in [4.78, 5) is 0. The highest BCUT2D eigenvalue weighted by Crippen LogP contribution is 2.64. The number of hydrogen-bond acceptors (Lipinski definition) is 5. The summed E-state index contributed by atoms with van der Waals surface area (Å²) < 4.78 is 35.4. The first-order chi connectivity index (χ1) is 13.2. The van der Waals surface area contributed by atoms with E-state index >= 15 is 0 Å². The van der Waals surface area contributed by atoms with Gasteiger partial charge in [0.05, 0.1) is 21.5 Å². The van der Waals surface area contributed by atoms with Crippen molar-refractivity contribution in [2.24, 2.45) is 21.8 Å². The van der Waals surface area contributed by atoms with Crippen LogP contribution in [0.3, 0.4) is 0 Å². The number of benzene rings is 2. The molecule has 2 fully saturated rings. The molecule has 2 aliphatic rings. The SMILES string of the molecule is CC1(C)[C@@H]2CC[C@@]1(CS(=O)(=O)[O-])/C(=N\N(c1ccccc1)c1ccccc1)C2. The quantitative estimate of drug-likeness (QED) is 0.548. The molecule has 2 aromatic rings. The normalized spacial score (nSPS) is 27.2. The lowest BCUT2D eigenvalue weighted by Gasteiger charge is -2.39. The van der Waals surface area contributed by atoms with Gasteiger partial charge in [-0.25, -0.2) is 13.4 Å². The summed E-state index contributed by atoms with van der Waals surface area (Å²) in [6, 6.07) is 19.6. The predicted molar refractivity (Wildman–Crippen MR) is 111 cm³/mol. The van der Waals surface area contributed by atoms with Crippen LogP contribution in [0.2, 0.25) is 0 Å². The minimum atomic E-state index is -4.37. The Morgan fingerprint density at radius 3 is 2.04 bits per heavy atom. The van der Waals surface area contributed by atoms with Gasteiger partial charge in [-0.1, -0.05) is 50.2 Å². The van der Waals surface area contributed by atoms with Gasteiger partial charge in [-0.15, -0.1) is 0 Å². The van der Waals surface area contributed by atoms with Crippen LogP contribution in [0.1, 0.15) is 33.1 Å². The van der Waals surface area contributed by atoms with Crippen LogP contribution in [0.4, 0.5) is 11.4 Å². The Kier molecular flexibility index (Phi) is 4.59. The highest BCUT2D eigenvalue weighted by molar-refractivity contribution is 7.85. The van der Waals surface area contributed by atoms with Crippen molar-refractivity contribution in [3.05, 3.63) is 60.7 Å². The number of nitrogens with zero attached hydrogens (tertiary/aromatic N) is 2. The van der Waals surface area contributed by atoms with Crippen LogP contribution in [0, 0.1) is 16.7 Å². The Labute approximate surface area is 166 Å². The minimum absolute atomic E-state index is 0.262. The second-order valence-electron chi connectivity index (χ2n) is 8.48. The maximum Gasteiger partial charge on any atom is 0.0955 e. The van der Waals surface area contributed by atoms with Gasteiger partial charge in [-0.2, -0.15) is 5.10 Å². The molecule has 6 heteroatoms. The van der Waals surface area contributed by atoms with Gasteiger partial charge in [0.15, 0.2) is 0 Å². The van der Waals surface area contributed by atoms with Crippen LogP contribution in [-0.2, 0) is 10.1 Å². The molecule has 5 nitrogen and oxygen atoms in total. The Hall–Kier alpha value is -2.18.